The van der Waals surface area contributed by atoms with Crippen molar-refractivity contribution in [2.75, 3.05) is 32.1 Å². The predicted molar refractivity (Wildman–Crippen MR) is 79.6 cm³/mol. The zero-order valence-corrected chi connectivity index (χ0v) is 12.4. The molecular weight excluding hydrogens is 220 g/mol. The van der Waals surface area contributed by atoms with E-state index >= 15 is 0 Å². The topological polar surface area (TPSA) is 6.48 Å². The Morgan fingerprint density at radius 2 is 2.00 bits per heavy atom. The van der Waals surface area contributed by atoms with E-state index in [2.05, 4.69) is 62.9 Å². The summed E-state index contributed by atoms with van der Waals surface area (Å²) in [5.74, 6) is 0.618. The van der Waals surface area contributed by atoms with Gasteiger partial charge in [-0.1, -0.05) is 19.9 Å². The lowest BCUT2D eigenvalue weighted by Gasteiger charge is -2.23. The van der Waals surface area contributed by atoms with E-state index in [0.717, 1.165) is 6.54 Å². The maximum Gasteiger partial charge on any atom is 0.0369 e. The molecule has 1 unspecified atom stereocenters. The van der Waals surface area contributed by atoms with Gasteiger partial charge in [-0.05, 0) is 56.6 Å². The standard InChI is InChI=1S/C16H26N2/c1-12(2)16-7-6-14(10-13(16)3)18-9-8-15(11-18)17(4)5/h6-7,10,12,15H,8-9,11H2,1-5H3. The Labute approximate surface area is 112 Å². The molecule has 0 spiro atoms. The van der Waals surface area contributed by atoms with Gasteiger partial charge >= 0.3 is 0 Å². The van der Waals surface area contributed by atoms with Crippen LogP contribution in [-0.4, -0.2) is 38.1 Å². The van der Waals surface area contributed by atoms with E-state index < -0.39 is 0 Å². The van der Waals surface area contributed by atoms with Gasteiger partial charge in [0.05, 0.1) is 0 Å². The monoisotopic (exact) mass is 246 g/mol. The van der Waals surface area contributed by atoms with Crippen LogP contribution < -0.4 is 4.90 Å². The van der Waals surface area contributed by atoms with Crippen LogP contribution in [0.5, 0.6) is 0 Å². The molecule has 0 radical (unpaired) electrons. The highest BCUT2D eigenvalue weighted by molar-refractivity contribution is 5.52. The number of aryl methyl sites for hydroxylation is 1. The van der Waals surface area contributed by atoms with Crippen molar-refractivity contribution in [1.82, 2.24) is 4.90 Å². The van der Waals surface area contributed by atoms with E-state index in [0.29, 0.717) is 12.0 Å². The van der Waals surface area contributed by atoms with Crippen LogP contribution in [0.25, 0.3) is 0 Å². The molecule has 2 rings (SSSR count). The minimum Gasteiger partial charge on any atom is -0.370 e. The van der Waals surface area contributed by atoms with Crippen LogP contribution in [0.3, 0.4) is 0 Å². The zero-order valence-electron chi connectivity index (χ0n) is 12.4. The first-order chi connectivity index (χ1) is 8.49. The van der Waals surface area contributed by atoms with Gasteiger partial charge in [0.1, 0.15) is 0 Å². The Morgan fingerprint density at radius 1 is 1.28 bits per heavy atom. The first-order valence-corrected chi connectivity index (χ1v) is 7.01. The molecule has 1 heterocycles. The minimum absolute atomic E-state index is 0.618. The highest BCUT2D eigenvalue weighted by Crippen LogP contribution is 2.27. The van der Waals surface area contributed by atoms with Gasteiger partial charge < -0.3 is 9.80 Å². The highest BCUT2D eigenvalue weighted by Gasteiger charge is 2.24. The molecule has 18 heavy (non-hydrogen) atoms. The molecule has 2 heteroatoms. The molecule has 0 bridgehead atoms. The van der Waals surface area contributed by atoms with Crippen LogP contribution in [0.1, 0.15) is 37.3 Å². The zero-order chi connectivity index (χ0) is 13.3. The predicted octanol–water partition coefficient (Wildman–Crippen LogP) is 3.26. The van der Waals surface area contributed by atoms with Crippen molar-refractivity contribution in [3.05, 3.63) is 29.3 Å². The van der Waals surface area contributed by atoms with Crippen molar-refractivity contribution < 1.29 is 0 Å². The Balaban J connectivity index is 2.13. The van der Waals surface area contributed by atoms with E-state index in [-0.39, 0.29) is 0 Å². The maximum absolute atomic E-state index is 2.52. The Kier molecular flexibility index (Phi) is 3.96. The summed E-state index contributed by atoms with van der Waals surface area (Å²) in [5, 5.41) is 0. The lowest BCUT2D eigenvalue weighted by Crippen LogP contribution is -2.31. The number of benzene rings is 1. The summed E-state index contributed by atoms with van der Waals surface area (Å²) < 4.78 is 0. The van der Waals surface area contributed by atoms with Crippen LogP contribution in [0.2, 0.25) is 0 Å². The van der Waals surface area contributed by atoms with E-state index in [1.807, 2.05) is 0 Å². The first-order valence-electron chi connectivity index (χ1n) is 7.01. The molecule has 1 aromatic rings. The Bertz CT molecular complexity index is 410. The van der Waals surface area contributed by atoms with Crippen LogP contribution in [0.15, 0.2) is 18.2 Å². The molecule has 0 amide bonds. The summed E-state index contributed by atoms with van der Waals surface area (Å²) in [6, 6.07) is 7.65. The number of anilines is 1. The van der Waals surface area contributed by atoms with Crippen molar-refractivity contribution in [3.8, 4) is 0 Å². The summed E-state index contributed by atoms with van der Waals surface area (Å²) in [4.78, 5) is 4.86. The second-order valence-electron chi connectivity index (χ2n) is 6.05. The fourth-order valence-electron chi connectivity index (χ4n) is 2.90. The lowest BCUT2D eigenvalue weighted by molar-refractivity contribution is 0.315. The molecule has 1 atom stereocenters. The van der Waals surface area contributed by atoms with Gasteiger partial charge in [-0.15, -0.1) is 0 Å². The third-order valence-corrected chi connectivity index (χ3v) is 4.13. The third kappa shape index (κ3) is 2.69. The fraction of sp³-hybridized carbons (Fsp3) is 0.625. The Hall–Kier alpha value is -1.02. The van der Waals surface area contributed by atoms with Gasteiger partial charge in [-0.2, -0.15) is 0 Å². The summed E-state index contributed by atoms with van der Waals surface area (Å²) in [6.45, 7) is 9.11. The quantitative estimate of drug-likeness (QED) is 0.807. The molecule has 0 saturated carbocycles. The van der Waals surface area contributed by atoms with E-state index in [4.69, 9.17) is 0 Å². The second-order valence-corrected chi connectivity index (χ2v) is 6.05. The third-order valence-electron chi connectivity index (χ3n) is 4.13. The van der Waals surface area contributed by atoms with Gasteiger partial charge in [0, 0.05) is 24.8 Å². The molecule has 1 aliphatic heterocycles. The second kappa shape index (κ2) is 5.31. The summed E-state index contributed by atoms with van der Waals surface area (Å²) in [7, 11) is 4.36. The molecule has 1 saturated heterocycles. The molecule has 0 N–H and O–H groups in total. The highest BCUT2D eigenvalue weighted by atomic mass is 15.2. The van der Waals surface area contributed by atoms with Gasteiger partial charge in [-0.3, -0.25) is 0 Å². The van der Waals surface area contributed by atoms with E-state index in [1.54, 1.807) is 0 Å². The largest absolute Gasteiger partial charge is 0.370 e. The van der Waals surface area contributed by atoms with Crippen molar-refractivity contribution >= 4 is 5.69 Å². The lowest BCUT2D eigenvalue weighted by atomic mass is 9.97. The van der Waals surface area contributed by atoms with Gasteiger partial charge in [0.2, 0.25) is 0 Å². The average Bonchev–Trinajstić information content (AvgIpc) is 2.77. The van der Waals surface area contributed by atoms with Gasteiger partial charge in [0.25, 0.3) is 0 Å². The van der Waals surface area contributed by atoms with Crippen LogP contribution in [0, 0.1) is 6.92 Å². The maximum atomic E-state index is 2.52. The van der Waals surface area contributed by atoms with E-state index in [9.17, 15) is 0 Å². The number of nitrogens with zero attached hydrogens (tertiary/aromatic N) is 2. The van der Waals surface area contributed by atoms with Gasteiger partial charge in [0.15, 0.2) is 0 Å². The molecule has 1 aromatic carbocycles. The molecule has 100 valence electrons. The fourth-order valence-corrected chi connectivity index (χ4v) is 2.90. The summed E-state index contributed by atoms with van der Waals surface area (Å²) in [6.07, 6.45) is 1.28. The molecule has 1 aliphatic rings. The SMILES string of the molecule is Cc1cc(N2CCC(N(C)C)C2)ccc1C(C)C. The first kappa shape index (κ1) is 13.4. The molecule has 1 fully saturated rings. The smallest absolute Gasteiger partial charge is 0.0369 e. The molecule has 0 aromatic heterocycles. The van der Waals surface area contributed by atoms with E-state index in [1.165, 1.54) is 29.8 Å². The molecule has 2 nitrogen and oxygen atoms in total. The van der Waals surface area contributed by atoms with Crippen LogP contribution in [-0.2, 0) is 0 Å². The van der Waals surface area contributed by atoms with Crippen molar-refractivity contribution in [2.24, 2.45) is 0 Å². The molecular formula is C16H26N2. The average molecular weight is 246 g/mol. The number of likely N-dealkylation sites (N-methyl/N-ethyl adjacent to an activating group) is 1. The number of hydrogen-bond donors (Lipinski definition) is 0. The van der Waals surface area contributed by atoms with Crippen molar-refractivity contribution in [3.63, 3.8) is 0 Å². The Morgan fingerprint density at radius 3 is 2.50 bits per heavy atom. The van der Waals surface area contributed by atoms with Crippen molar-refractivity contribution in [2.45, 2.75) is 39.2 Å². The normalized spacial score (nSPS) is 20.2. The summed E-state index contributed by atoms with van der Waals surface area (Å²) in [5.41, 5.74) is 4.29. The van der Waals surface area contributed by atoms with Crippen molar-refractivity contribution in [1.29, 1.82) is 0 Å². The van der Waals surface area contributed by atoms with Crippen LogP contribution in [0.4, 0.5) is 5.69 Å². The summed E-state index contributed by atoms with van der Waals surface area (Å²) >= 11 is 0. The number of hydrogen-bond acceptors (Lipinski definition) is 2. The molecule has 0 aliphatic carbocycles. The minimum atomic E-state index is 0.618. The van der Waals surface area contributed by atoms with Gasteiger partial charge in [-0.25, -0.2) is 0 Å². The number of rotatable bonds is 3. The van der Waals surface area contributed by atoms with Crippen LogP contribution >= 0.6 is 0 Å².